The van der Waals surface area contributed by atoms with Crippen molar-refractivity contribution in [3.05, 3.63) is 23.6 Å². The number of hydrogen-bond donors (Lipinski definition) is 2. The van der Waals surface area contributed by atoms with Gasteiger partial charge in [0.2, 0.25) is 0 Å². The molecule has 3 N–H and O–H groups in total. The molecule has 2 rings (SSSR count). The van der Waals surface area contributed by atoms with Crippen molar-refractivity contribution in [3.8, 4) is 0 Å². The first-order valence-electron chi connectivity index (χ1n) is 6.31. The second kappa shape index (κ2) is 5.77. The fourth-order valence-corrected chi connectivity index (χ4v) is 3.35. The number of nitrogens with two attached hydrogens (primary N) is 1. The van der Waals surface area contributed by atoms with Gasteiger partial charge in [-0.15, -0.1) is 0 Å². The van der Waals surface area contributed by atoms with Crippen LogP contribution < -0.4 is 11.1 Å². The van der Waals surface area contributed by atoms with Crippen LogP contribution in [0.15, 0.2) is 12.3 Å². The Hall–Kier alpha value is -1.30. The topological polar surface area (TPSA) is 68.0 Å². The van der Waals surface area contributed by atoms with E-state index in [1.807, 2.05) is 0 Å². The van der Waals surface area contributed by atoms with Gasteiger partial charge >= 0.3 is 0 Å². The predicted molar refractivity (Wildman–Crippen MR) is 75.7 cm³/mol. The van der Waals surface area contributed by atoms with Crippen LogP contribution in [0.4, 0.5) is 10.2 Å². The lowest BCUT2D eigenvalue weighted by Crippen LogP contribution is -2.38. The first kappa shape index (κ1) is 14.1. The molecule has 1 heterocycles. The third-order valence-corrected chi connectivity index (χ3v) is 5.07. The van der Waals surface area contributed by atoms with Gasteiger partial charge in [0.25, 0.3) is 5.91 Å². The van der Waals surface area contributed by atoms with Crippen LogP contribution in [0.3, 0.4) is 0 Å². The van der Waals surface area contributed by atoms with E-state index in [2.05, 4.69) is 16.6 Å². The molecule has 0 unspecified atom stereocenters. The molecule has 1 aliphatic rings. The molecule has 6 heteroatoms. The summed E-state index contributed by atoms with van der Waals surface area (Å²) in [6, 6.07) is 1.12. The average molecular weight is 283 g/mol. The Morgan fingerprint density at radius 2 is 2.26 bits per heavy atom. The second-order valence-electron chi connectivity index (χ2n) is 4.86. The van der Waals surface area contributed by atoms with Crippen molar-refractivity contribution in [1.82, 2.24) is 10.3 Å². The van der Waals surface area contributed by atoms with Crippen LogP contribution in [-0.2, 0) is 0 Å². The number of nitrogen functional groups attached to an aromatic ring is 1. The van der Waals surface area contributed by atoms with Crippen molar-refractivity contribution in [1.29, 1.82) is 0 Å². The van der Waals surface area contributed by atoms with Crippen molar-refractivity contribution < 1.29 is 9.18 Å². The monoisotopic (exact) mass is 283 g/mol. The van der Waals surface area contributed by atoms with E-state index >= 15 is 0 Å². The molecule has 1 aliphatic carbocycles. The largest absolute Gasteiger partial charge is 0.383 e. The van der Waals surface area contributed by atoms with Gasteiger partial charge in [-0.05, 0) is 25.2 Å². The zero-order chi connectivity index (χ0) is 13.9. The molecular formula is C13H18FN3OS. The van der Waals surface area contributed by atoms with E-state index in [1.165, 1.54) is 12.8 Å². The third-order valence-electron chi connectivity index (χ3n) is 3.65. The molecule has 1 aromatic heterocycles. The van der Waals surface area contributed by atoms with E-state index in [0.717, 1.165) is 25.1 Å². The molecule has 0 atom stereocenters. The van der Waals surface area contributed by atoms with E-state index in [0.29, 0.717) is 6.54 Å². The highest BCUT2D eigenvalue weighted by molar-refractivity contribution is 8.00. The number of pyridine rings is 1. The van der Waals surface area contributed by atoms with Gasteiger partial charge in [-0.3, -0.25) is 4.79 Å². The average Bonchev–Trinajstić information content (AvgIpc) is 2.88. The number of anilines is 1. The minimum atomic E-state index is -0.556. The highest BCUT2D eigenvalue weighted by Crippen LogP contribution is 2.39. The Bertz CT molecular complexity index is 475. The number of hydrogen-bond acceptors (Lipinski definition) is 4. The first-order valence-corrected chi connectivity index (χ1v) is 7.53. The highest BCUT2D eigenvalue weighted by atomic mass is 32.2. The first-order chi connectivity index (χ1) is 9.06. The molecule has 19 heavy (non-hydrogen) atoms. The van der Waals surface area contributed by atoms with Crippen LogP contribution in [0, 0.1) is 5.82 Å². The smallest absolute Gasteiger partial charge is 0.255 e. The van der Waals surface area contributed by atoms with Crippen molar-refractivity contribution in [3.63, 3.8) is 0 Å². The number of thioether (sulfide) groups is 1. The summed E-state index contributed by atoms with van der Waals surface area (Å²) in [6.07, 6.45) is 7.67. The second-order valence-corrected chi connectivity index (χ2v) is 6.14. The van der Waals surface area contributed by atoms with Crippen molar-refractivity contribution >= 4 is 23.5 Å². The molecule has 1 amide bonds. The van der Waals surface area contributed by atoms with Crippen LogP contribution in [0.1, 0.15) is 36.0 Å². The third kappa shape index (κ3) is 3.18. The molecule has 0 bridgehead atoms. The van der Waals surface area contributed by atoms with E-state index < -0.39 is 5.82 Å². The lowest BCUT2D eigenvalue weighted by Gasteiger charge is -2.26. The standard InChI is InChI=1S/C13H18FN3OS/c1-19-13(4-2-3-5-13)8-17-12(18)10-6-9(14)7-16-11(10)15/h6-7H,2-5,8H2,1H3,(H2,15,16)(H,17,18). The van der Waals surface area contributed by atoms with E-state index in [1.54, 1.807) is 11.8 Å². The van der Waals surface area contributed by atoms with E-state index in [4.69, 9.17) is 5.73 Å². The van der Waals surface area contributed by atoms with Crippen LogP contribution in [0.2, 0.25) is 0 Å². The molecule has 104 valence electrons. The zero-order valence-corrected chi connectivity index (χ0v) is 11.7. The minimum absolute atomic E-state index is 0.0588. The summed E-state index contributed by atoms with van der Waals surface area (Å²) in [5.41, 5.74) is 5.70. The Labute approximate surface area is 116 Å². The van der Waals surface area contributed by atoms with Crippen LogP contribution >= 0.6 is 11.8 Å². The van der Waals surface area contributed by atoms with Gasteiger partial charge in [0, 0.05) is 11.3 Å². The summed E-state index contributed by atoms with van der Waals surface area (Å²) < 4.78 is 13.2. The van der Waals surface area contributed by atoms with Crippen LogP contribution in [0.5, 0.6) is 0 Å². The molecule has 4 nitrogen and oxygen atoms in total. The number of carbonyl (C=O) groups excluding carboxylic acids is 1. The number of amides is 1. The molecule has 1 fully saturated rings. The predicted octanol–water partition coefficient (Wildman–Crippen LogP) is 2.21. The van der Waals surface area contributed by atoms with Crippen molar-refractivity contribution in [2.75, 3.05) is 18.5 Å². The van der Waals surface area contributed by atoms with E-state index in [-0.39, 0.29) is 22.0 Å². The summed E-state index contributed by atoms with van der Waals surface area (Å²) in [4.78, 5) is 15.7. The number of nitrogens with one attached hydrogen (secondary N) is 1. The summed E-state index contributed by atoms with van der Waals surface area (Å²) in [5, 5.41) is 2.85. The zero-order valence-electron chi connectivity index (χ0n) is 10.9. The minimum Gasteiger partial charge on any atom is -0.383 e. The Morgan fingerprint density at radius 3 is 2.89 bits per heavy atom. The molecule has 0 spiro atoms. The van der Waals surface area contributed by atoms with Gasteiger partial charge in [-0.1, -0.05) is 12.8 Å². The summed E-state index contributed by atoms with van der Waals surface area (Å²) >= 11 is 1.79. The van der Waals surface area contributed by atoms with Gasteiger partial charge in [-0.2, -0.15) is 11.8 Å². The van der Waals surface area contributed by atoms with Crippen LogP contribution in [0.25, 0.3) is 0 Å². The summed E-state index contributed by atoms with van der Waals surface area (Å²) in [5.74, 6) is -0.854. The van der Waals surface area contributed by atoms with E-state index in [9.17, 15) is 9.18 Å². The quantitative estimate of drug-likeness (QED) is 0.889. The fourth-order valence-electron chi connectivity index (χ4n) is 2.44. The van der Waals surface area contributed by atoms with Gasteiger partial charge < -0.3 is 11.1 Å². The van der Waals surface area contributed by atoms with Crippen LogP contribution in [-0.4, -0.2) is 28.4 Å². The molecule has 0 aromatic carbocycles. The lowest BCUT2D eigenvalue weighted by atomic mass is 10.1. The maximum atomic E-state index is 13.1. The Balaban J connectivity index is 2.03. The van der Waals surface area contributed by atoms with Gasteiger partial charge in [0.1, 0.15) is 11.6 Å². The summed E-state index contributed by atoms with van der Waals surface area (Å²) in [6.45, 7) is 0.586. The Morgan fingerprint density at radius 1 is 1.58 bits per heavy atom. The summed E-state index contributed by atoms with van der Waals surface area (Å²) in [7, 11) is 0. The number of halogens is 1. The number of carbonyl (C=O) groups is 1. The van der Waals surface area contributed by atoms with Gasteiger partial charge in [0.05, 0.1) is 11.8 Å². The fraction of sp³-hybridized carbons (Fsp3) is 0.538. The molecule has 0 radical (unpaired) electrons. The van der Waals surface area contributed by atoms with Gasteiger partial charge in [0.15, 0.2) is 0 Å². The molecule has 0 saturated heterocycles. The number of rotatable bonds is 4. The molecule has 0 aliphatic heterocycles. The maximum absolute atomic E-state index is 13.1. The molecule has 1 aromatic rings. The SMILES string of the molecule is CSC1(CNC(=O)c2cc(F)cnc2N)CCCC1. The normalized spacial score (nSPS) is 17.4. The van der Waals surface area contributed by atoms with Gasteiger partial charge in [-0.25, -0.2) is 9.37 Å². The molecule has 1 saturated carbocycles. The number of aromatic nitrogens is 1. The lowest BCUT2D eigenvalue weighted by molar-refractivity contribution is 0.0949. The Kier molecular flexibility index (Phi) is 4.29. The molecular weight excluding hydrogens is 265 g/mol. The maximum Gasteiger partial charge on any atom is 0.255 e. The number of nitrogens with zero attached hydrogens (tertiary/aromatic N) is 1. The van der Waals surface area contributed by atoms with Crippen molar-refractivity contribution in [2.24, 2.45) is 0 Å². The highest BCUT2D eigenvalue weighted by Gasteiger charge is 2.33. The van der Waals surface area contributed by atoms with Crippen molar-refractivity contribution in [2.45, 2.75) is 30.4 Å².